The van der Waals surface area contributed by atoms with Gasteiger partial charge in [-0.1, -0.05) is 23.4 Å². The van der Waals surface area contributed by atoms with E-state index in [1.807, 2.05) is 30.3 Å². The quantitative estimate of drug-likeness (QED) is 0.391. The number of ether oxygens (including phenoxy) is 2. The van der Waals surface area contributed by atoms with E-state index in [9.17, 15) is 10.0 Å². The Kier molecular flexibility index (Phi) is 8.22. The normalized spacial score (nSPS) is 18.8. The molecule has 1 fully saturated rings. The van der Waals surface area contributed by atoms with E-state index in [2.05, 4.69) is 0 Å². The summed E-state index contributed by atoms with van der Waals surface area (Å²) in [7, 11) is 1.62. The number of methoxy groups -OCH3 is 1. The van der Waals surface area contributed by atoms with Crippen molar-refractivity contribution in [3.63, 3.8) is 0 Å². The Hall–Kier alpha value is -1.64. The molecule has 2 aromatic rings. The molecule has 6 nitrogen and oxygen atoms in total. The van der Waals surface area contributed by atoms with Gasteiger partial charge in [-0.25, -0.2) is 5.21 Å². The van der Waals surface area contributed by atoms with Gasteiger partial charge < -0.3 is 9.47 Å². The maximum Gasteiger partial charge on any atom is 0.225 e. The van der Waals surface area contributed by atoms with E-state index in [-0.39, 0.29) is 28.3 Å². The van der Waals surface area contributed by atoms with Gasteiger partial charge in [-0.15, -0.1) is 12.4 Å². The molecule has 0 radical (unpaired) electrons. The summed E-state index contributed by atoms with van der Waals surface area (Å²) in [6, 6.07) is 11.2. The molecular formula is C23H29Cl2N2O4S+. The second-order valence-electron chi connectivity index (χ2n) is 8.05. The Balaban J connectivity index is 0.00000289. The maximum atomic E-state index is 12.6. The van der Waals surface area contributed by atoms with Gasteiger partial charge in [-0.05, 0) is 36.4 Å². The third-order valence-electron chi connectivity index (χ3n) is 5.85. The number of nitrogens with zero attached hydrogens (tertiary/aromatic N) is 2. The first-order valence-electron chi connectivity index (χ1n) is 10.6. The first kappa shape index (κ1) is 25.0. The van der Waals surface area contributed by atoms with E-state index in [1.54, 1.807) is 36.8 Å². The molecule has 4 rings (SSSR count). The monoisotopic (exact) mass is 499 g/mol. The SMILES string of the molecule is COc1ccc(OCCC[N+]2(O)CCCC2)c(C2Sc3cc(Cl)ccc3N2C(C)=O)c1.Cl. The van der Waals surface area contributed by atoms with E-state index >= 15 is 0 Å². The standard InChI is InChI=1S/C23H28ClN2O4S.ClH/c1-16(27)25-20-8-6-17(24)14-22(20)31-23(25)19-15-18(29-2)7-9-21(19)30-13-5-12-26(28)10-3-4-11-26;/h6-9,14-15,23,28H,3-5,10-13H2,1-2H3;1H/q+1;. The van der Waals surface area contributed by atoms with Crippen LogP contribution in [-0.2, 0) is 4.79 Å². The summed E-state index contributed by atoms with van der Waals surface area (Å²) in [5.74, 6) is 1.37. The smallest absolute Gasteiger partial charge is 0.225 e. The minimum Gasteiger partial charge on any atom is -0.497 e. The summed E-state index contributed by atoms with van der Waals surface area (Å²) in [4.78, 5) is 15.3. The fraction of sp³-hybridized carbons (Fsp3) is 0.435. The Labute approximate surface area is 204 Å². The van der Waals surface area contributed by atoms with Crippen LogP contribution >= 0.6 is 35.8 Å². The van der Waals surface area contributed by atoms with Crippen LogP contribution < -0.4 is 14.4 Å². The van der Waals surface area contributed by atoms with E-state index in [1.165, 1.54) is 0 Å². The lowest BCUT2D eigenvalue weighted by Crippen LogP contribution is -2.42. The third-order valence-corrected chi connectivity index (χ3v) is 7.36. The van der Waals surface area contributed by atoms with Gasteiger partial charge in [0, 0.05) is 41.7 Å². The van der Waals surface area contributed by atoms with Crippen molar-refractivity contribution in [1.82, 2.24) is 0 Å². The van der Waals surface area contributed by atoms with E-state index in [0.29, 0.717) is 23.9 Å². The molecule has 2 heterocycles. The molecule has 1 atom stereocenters. The first-order valence-corrected chi connectivity index (χ1v) is 11.8. The van der Waals surface area contributed by atoms with Crippen molar-refractivity contribution in [2.45, 2.75) is 36.5 Å². The molecule has 2 aliphatic rings. The molecule has 1 saturated heterocycles. The van der Waals surface area contributed by atoms with E-state index < -0.39 is 0 Å². The number of hydrogen-bond acceptors (Lipinski definition) is 5. The van der Waals surface area contributed by atoms with Crippen LogP contribution in [0.15, 0.2) is 41.3 Å². The van der Waals surface area contributed by atoms with Crippen LogP contribution in [0.3, 0.4) is 0 Å². The number of hydrogen-bond donors (Lipinski definition) is 1. The van der Waals surface area contributed by atoms with Crippen molar-refractivity contribution in [3.8, 4) is 11.5 Å². The van der Waals surface area contributed by atoms with Gasteiger partial charge in [-0.2, -0.15) is 4.65 Å². The number of benzene rings is 2. The molecule has 0 aromatic heterocycles. The number of fused-ring (bicyclic) bond motifs is 1. The van der Waals surface area contributed by atoms with Crippen molar-refractivity contribution < 1.29 is 24.1 Å². The number of amides is 1. The summed E-state index contributed by atoms with van der Waals surface area (Å²) in [5.41, 5.74) is 1.72. The van der Waals surface area contributed by atoms with Crippen LogP contribution in [0, 0.1) is 0 Å². The molecule has 32 heavy (non-hydrogen) atoms. The van der Waals surface area contributed by atoms with Gasteiger partial charge >= 0.3 is 0 Å². The van der Waals surface area contributed by atoms with Crippen LogP contribution in [0.1, 0.15) is 37.1 Å². The van der Waals surface area contributed by atoms with Gasteiger partial charge in [0.15, 0.2) is 0 Å². The predicted octanol–water partition coefficient (Wildman–Crippen LogP) is 5.70. The lowest BCUT2D eigenvalue weighted by Gasteiger charge is -2.26. The topological polar surface area (TPSA) is 59.0 Å². The Morgan fingerprint density at radius 1 is 1.25 bits per heavy atom. The maximum absolute atomic E-state index is 12.6. The Morgan fingerprint density at radius 2 is 2.00 bits per heavy atom. The molecule has 9 heteroatoms. The van der Waals surface area contributed by atoms with Crippen LogP contribution in [0.2, 0.25) is 5.02 Å². The molecule has 0 bridgehead atoms. The lowest BCUT2D eigenvalue weighted by molar-refractivity contribution is -1.09. The van der Waals surface area contributed by atoms with Gasteiger partial charge in [-0.3, -0.25) is 9.69 Å². The van der Waals surface area contributed by atoms with E-state index in [4.69, 9.17) is 21.1 Å². The van der Waals surface area contributed by atoms with Crippen molar-refractivity contribution in [2.24, 2.45) is 0 Å². The molecule has 1 amide bonds. The number of likely N-dealkylation sites (tertiary alicyclic amines) is 1. The molecular weight excluding hydrogens is 471 g/mol. The lowest BCUT2D eigenvalue weighted by atomic mass is 10.1. The fourth-order valence-electron chi connectivity index (χ4n) is 4.28. The van der Waals surface area contributed by atoms with Gasteiger partial charge in [0.1, 0.15) is 36.5 Å². The summed E-state index contributed by atoms with van der Waals surface area (Å²) in [6.45, 7) is 4.39. The highest BCUT2D eigenvalue weighted by Crippen LogP contribution is 2.54. The highest BCUT2D eigenvalue weighted by atomic mass is 35.5. The van der Waals surface area contributed by atoms with Crippen molar-refractivity contribution in [2.75, 3.05) is 38.3 Å². The van der Waals surface area contributed by atoms with Crippen LogP contribution in [0.25, 0.3) is 0 Å². The van der Waals surface area contributed by atoms with Crippen LogP contribution in [-0.4, -0.2) is 49.1 Å². The molecule has 2 aliphatic heterocycles. The highest BCUT2D eigenvalue weighted by molar-refractivity contribution is 8.00. The van der Waals surface area contributed by atoms with Crippen molar-refractivity contribution in [1.29, 1.82) is 0 Å². The third kappa shape index (κ3) is 5.29. The Morgan fingerprint density at radius 3 is 2.69 bits per heavy atom. The molecule has 0 saturated carbocycles. The summed E-state index contributed by atoms with van der Waals surface area (Å²) in [5, 5.41) is 10.9. The number of anilines is 1. The van der Waals surface area contributed by atoms with Crippen molar-refractivity contribution >= 4 is 47.4 Å². The number of quaternary nitrogens is 1. The minimum absolute atomic E-state index is 0. The number of rotatable bonds is 7. The van der Waals surface area contributed by atoms with Crippen LogP contribution in [0.5, 0.6) is 11.5 Å². The zero-order valence-electron chi connectivity index (χ0n) is 18.3. The minimum atomic E-state index is -0.272. The molecule has 0 aliphatic carbocycles. The van der Waals surface area contributed by atoms with Gasteiger partial charge in [0.05, 0.1) is 19.4 Å². The molecule has 0 spiro atoms. The number of carbonyl (C=O) groups excluding carboxylic acids is 1. The van der Waals surface area contributed by atoms with Gasteiger partial charge in [0.2, 0.25) is 5.91 Å². The average Bonchev–Trinajstić information content (AvgIpc) is 3.34. The number of hydroxylamine groups is 3. The summed E-state index contributed by atoms with van der Waals surface area (Å²) in [6.07, 6.45) is 2.90. The fourth-order valence-corrected chi connectivity index (χ4v) is 5.92. The highest BCUT2D eigenvalue weighted by Gasteiger charge is 2.36. The number of thioether (sulfide) groups is 1. The van der Waals surface area contributed by atoms with Crippen molar-refractivity contribution in [3.05, 3.63) is 47.0 Å². The average molecular weight is 500 g/mol. The second kappa shape index (κ2) is 10.5. The summed E-state index contributed by atoms with van der Waals surface area (Å²) >= 11 is 7.76. The Bertz CT molecular complexity index is 969. The molecule has 174 valence electrons. The first-order chi connectivity index (χ1) is 14.9. The van der Waals surface area contributed by atoms with Crippen LogP contribution in [0.4, 0.5) is 5.69 Å². The second-order valence-corrected chi connectivity index (χ2v) is 9.61. The largest absolute Gasteiger partial charge is 0.497 e. The molecule has 2 aromatic carbocycles. The van der Waals surface area contributed by atoms with Gasteiger partial charge in [0.25, 0.3) is 0 Å². The zero-order valence-corrected chi connectivity index (χ0v) is 20.6. The summed E-state index contributed by atoms with van der Waals surface area (Å²) < 4.78 is 11.7. The molecule has 1 N–H and O–H groups in total. The molecule has 1 unspecified atom stereocenters. The zero-order chi connectivity index (χ0) is 22.0. The predicted molar refractivity (Wildman–Crippen MR) is 129 cm³/mol. The number of halogens is 2. The number of carbonyl (C=O) groups is 1. The van der Waals surface area contributed by atoms with E-state index in [0.717, 1.165) is 54.2 Å².